The van der Waals surface area contributed by atoms with Crippen molar-refractivity contribution in [2.75, 3.05) is 20.3 Å². The highest BCUT2D eigenvalue weighted by atomic mass is 16.5. The number of aromatic nitrogens is 2. The number of nitrogens with zero attached hydrogens (tertiary/aromatic N) is 2. The molecule has 3 rings (SSSR count). The van der Waals surface area contributed by atoms with Crippen LogP contribution in [0.5, 0.6) is 5.75 Å². The van der Waals surface area contributed by atoms with E-state index in [1.54, 1.807) is 13.4 Å². The zero-order valence-electron chi connectivity index (χ0n) is 16.1. The molecule has 1 amide bonds. The number of fused-ring (bicyclic) bond motifs is 1. The maximum absolute atomic E-state index is 12.4. The molecule has 7 nitrogen and oxygen atoms in total. The summed E-state index contributed by atoms with van der Waals surface area (Å²) in [5.41, 5.74) is 2.33. The van der Waals surface area contributed by atoms with Gasteiger partial charge in [-0.25, -0.2) is 4.98 Å². The van der Waals surface area contributed by atoms with Crippen molar-refractivity contribution in [2.24, 2.45) is 0 Å². The zero-order chi connectivity index (χ0) is 19.2. The first-order chi connectivity index (χ1) is 13.1. The van der Waals surface area contributed by atoms with Crippen LogP contribution < -0.4 is 10.1 Å². The molecule has 0 unspecified atom stereocenters. The molecule has 0 aliphatic carbocycles. The van der Waals surface area contributed by atoms with Crippen LogP contribution in [0.2, 0.25) is 0 Å². The smallest absolute Gasteiger partial charge is 0.271 e. The Labute approximate surface area is 159 Å². The molecule has 2 aromatic rings. The van der Waals surface area contributed by atoms with Gasteiger partial charge in [0.05, 0.1) is 38.4 Å². The van der Waals surface area contributed by atoms with Crippen molar-refractivity contribution in [1.82, 2.24) is 14.9 Å². The van der Waals surface area contributed by atoms with Gasteiger partial charge in [-0.1, -0.05) is 12.1 Å². The van der Waals surface area contributed by atoms with Gasteiger partial charge in [0.15, 0.2) is 5.69 Å². The fourth-order valence-electron chi connectivity index (χ4n) is 3.01. The van der Waals surface area contributed by atoms with Crippen LogP contribution in [0.1, 0.15) is 48.1 Å². The van der Waals surface area contributed by atoms with Crippen LogP contribution >= 0.6 is 0 Å². The van der Waals surface area contributed by atoms with Crippen LogP contribution in [0.4, 0.5) is 0 Å². The summed E-state index contributed by atoms with van der Waals surface area (Å²) in [6.45, 7) is 6.17. The third-order valence-electron chi connectivity index (χ3n) is 4.49. The van der Waals surface area contributed by atoms with Crippen molar-refractivity contribution >= 4 is 5.91 Å². The van der Waals surface area contributed by atoms with E-state index in [1.807, 2.05) is 42.7 Å². The van der Waals surface area contributed by atoms with Crippen molar-refractivity contribution in [1.29, 1.82) is 0 Å². The number of hydrogen-bond donors (Lipinski definition) is 1. The molecule has 0 fully saturated rings. The first-order valence-corrected chi connectivity index (χ1v) is 9.28. The fourth-order valence-corrected chi connectivity index (χ4v) is 3.01. The highest BCUT2D eigenvalue weighted by Crippen LogP contribution is 2.28. The van der Waals surface area contributed by atoms with Gasteiger partial charge in [-0.2, -0.15) is 0 Å². The molecular formula is C20H27N3O4. The fraction of sp³-hybridized carbons (Fsp3) is 0.500. The van der Waals surface area contributed by atoms with Gasteiger partial charge >= 0.3 is 0 Å². The normalized spacial score (nSPS) is 16.2. The SMILES string of the molecule is COc1ccc([C@H]2Cn3cnc(C(=O)NCCCOC(C)C)c3CO2)cc1. The molecule has 146 valence electrons. The van der Waals surface area contributed by atoms with E-state index >= 15 is 0 Å². The molecule has 1 N–H and O–H groups in total. The largest absolute Gasteiger partial charge is 0.497 e. The lowest BCUT2D eigenvalue weighted by atomic mass is 10.1. The summed E-state index contributed by atoms with van der Waals surface area (Å²) in [7, 11) is 1.65. The first-order valence-electron chi connectivity index (χ1n) is 9.28. The molecule has 7 heteroatoms. The molecule has 27 heavy (non-hydrogen) atoms. The Hall–Kier alpha value is -2.38. The highest BCUT2D eigenvalue weighted by molar-refractivity contribution is 5.93. The molecule has 0 saturated heterocycles. The lowest BCUT2D eigenvalue weighted by Crippen LogP contribution is -2.28. The van der Waals surface area contributed by atoms with Gasteiger partial charge in [0.25, 0.3) is 5.91 Å². The number of methoxy groups -OCH3 is 1. The van der Waals surface area contributed by atoms with Crippen molar-refractivity contribution in [3.8, 4) is 5.75 Å². The number of imidazole rings is 1. The predicted molar refractivity (Wildman–Crippen MR) is 101 cm³/mol. The number of carbonyl (C=O) groups is 1. The van der Waals surface area contributed by atoms with Crippen LogP contribution in [0, 0.1) is 0 Å². The van der Waals surface area contributed by atoms with Crippen molar-refractivity contribution < 1.29 is 19.0 Å². The number of hydrogen-bond acceptors (Lipinski definition) is 5. The Balaban J connectivity index is 1.56. The Morgan fingerprint density at radius 1 is 1.37 bits per heavy atom. The summed E-state index contributed by atoms with van der Waals surface area (Å²) in [6.07, 6.45) is 2.62. The summed E-state index contributed by atoms with van der Waals surface area (Å²) < 4.78 is 18.6. The van der Waals surface area contributed by atoms with Gasteiger partial charge in [0, 0.05) is 13.2 Å². The molecule has 0 radical (unpaired) electrons. The van der Waals surface area contributed by atoms with E-state index in [2.05, 4.69) is 10.3 Å². The second-order valence-electron chi connectivity index (χ2n) is 6.79. The van der Waals surface area contributed by atoms with Crippen LogP contribution in [0.15, 0.2) is 30.6 Å². The summed E-state index contributed by atoms with van der Waals surface area (Å²) >= 11 is 0. The summed E-state index contributed by atoms with van der Waals surface area (Å²) in [5, 5.41) is 2.90. The minimum Gasteiger partial charge on any atom is -0.497 e. The first kappa shape index (κ1) is 19.4. The molecule has 0 spiro atoms. The minimum atomic E-state index is -0.167. The molecule has 0 saturated carbocycles. The van der Waals surface area contributed by atoms with E-state index in [1.165, 1.54) is 0 Å². The van der Waals surface area contributed by atoms with Gasteiger partial charge in [-0.05, 0) is 38.0 Å². The lowest BCUT2D eigenvalue weighted by molar-refractivity contribution is 0.00255. The predicted octanol–water partition coefficient (Wildman–Crippen LogP) is 2.71. The van der Waals surface area contributed by atoms with Gasteiger partial charge in [-0.3, -0.25) is 4.79 Å². The van der Waals surface area contributed by atoms with E-state index in [4.69, 9.17) is 14.2 Å². The van der Waals surface area contributed by atoms with Crippen LogP contribution in [-0.2, 0) is 22.6 Å². The average Bonchev–Trinajstić information content (AvgIpc) is 3.10. The summed E-state index contributed by atoms with van der Waals surface area (Å²) in [6, 6.07) is 7.84. The molecule has 0 bridgehead atoms. The molecule has 2 heterocycles. The molecule has 1 aliphatic heterocycles. The van der Waals surface area contributed by atoms with Crippen LogP contribution in [0.3, 0.4) is 0 Å². The number of ether oxygens (including phenoxy) is 3. The van der Waals surface area contributed by atoms with E-state index < -0.39 is 0 Å². The highest BCUT2D eigenvalue weighted by Gasteiger charge is 2.26. The van der Waals surface area contributed by atoms with Gasteiger partial charge in [0.1, 0.15) is 11.9 Å². The molecular weight excluding hydrogens is 346 g/mol. The Kier molecular flexibility index (Phi) is 6.47. The maximum atomic E-state index is 12.4. The number of nitrogens with one attached hydrogen (secondary N) is 1. The quantitative estimate of drug-likeness (QED) is 0.720. The van der Waals surface area contributed by atoms with Crippen LogP contribution in [-0.4, -0.2) is 41.8 Å². The van der Waals surface area contributed by atoms with E-state index in [-0.39, 0.29) is 18.1 Å². The van der Waals surface area contributed by atoms with Gasteiger partial charge < -0.3 is 24.1 Å². The van der Waals surface area contributed by atoms with Crippen molar-refractivity contribution in [3.05, 3.63) is 47.5 Å². The Morgan fingerprint density at radius 2 is 2.15 bits per heavy atom. The number of rotatable bonds is 8. The zero-order valence-corrected chi connectivity index (χ0v) is 16.1. The van der Waals surface area contributed by atoms with E-state index in [0.717, 1.165) is 23.4 Å². The number of amides is 1. The van der Waals surface area contributed by atoms with Gasteiger partial charge in [0.2, 0.25) is 0 Å². The summed E-state index contributed by atoms with van der Waals surface area (Å²) in [4.78, 5) is 16.7. The third-order valence-corrected chi connectivity index (χ3v) is 4.49. The second-order valence-corrected chi connectivity index (χ2v) is 6.79. The lowest BCUT2D eigenvalue weighted by Gasteiger charge is -2.25. The average molecular weight is 373 g/mol. The van der Waals surface area contributed by atoms with Crippen LogP contribution in [0.25, 0.3) is 0 Å². The standard InChI is InChI=1S/C20H27N3O4/c1-14(2)26-10-4-9-21-20(24)19-17-12-27-18(11-23(17)13-22-19)15-5-7-16(25-3)8-6-15/h5-8,13-14,18H,4,9-12H2,1-3H3,(H,21,24)/t18-/m1/s1. The molecule has 1 aromatic heterocycles. The van der Waals surface area contributed by atoms with Crippen molar-refractivity contribution in [2.45, 2.75) is 45.6 Å². The summed E-state index contributed by atoms with van der Waals surface area (Å²) in [5.74, 6) is 0.649. The number of benzene rings is 1. The van der Waals surface area contributed by atoms with Gasteiger partial charge in [-0.15, -0.1) is 0 Å². The van der Waals surface area contributed by atoms with E-state index in [0.29, 0.717) is 32.0 Å². The topological polar surface area (TPSA) is 74.6 Å². The monoisotopic (exact) mass is 373 g/mol. The third kappa shape index (κ3) is 4.87. The van der Waals surface area contributed by atoms with Crippen molar-refractivity contribution in [3.63, 3.8) is 0 Å². The molecule has 1 aromatic carbocycles. The maximum Gasteiger partial charge on any atom is 0.271 e. The Bertz CT molecular complexity index is 755. The minimum absolute atomic E-state index is 0.0679. The van der Waals surface area contributed by atoms with E-state index in [9.17, 15) is 4.79 Å². The second kappa shape index (κ2) is 9.01. The number of carbonyl (C=O) groups excluding carboxylic acids is 1. The Morgan fingerprint density at radius 3 is 2.85 bits per heavy atom. The molecule has 1 atom stereocenters. The molecule has 1 aliphatic rings.